The lowest BCUT2D eigenvalue weighted by Gasteiger charge is -2.26. The van der Waals surface area contributed by atoms with Crippen LogP contribution in [-0.4, -0.2) is 31.1 Å². The van der Waals surface area contributed by atoms with Gasteiger partial charge in [0.25, 0.3) is 5.91 Å². The van der Waals surface area contributed by atoms with Crippen molar-refractivity contribution in [2.45, 2.75) is 46.7 Å². The number of aryl methyl sites for hydroxylation is 3. The lowest BCUT2D eigenvalue weighted by atomic mass is 10.0. The summed E-state index contributed by atoms with van der Waals surface area (Å²) in [4.78, 5) is 12.7. The van der Waals surface area contributed by atoms with E-state index in [9.17, 15) is 4.79 Å². The predicted molar refractivity (Wildman–Crippen MR) is 92.7 cm³/mol. The van der Waals surface area contributed by atoms with Crippen molar-refractivity contribution in [1.82, 2.24) is 0 Å². The highest BCUT2D eigenvalue weighted by Gasteiger charge is 2.39. The molecular formula is C17H29NOP+. The van der Waals surface area contributed by atoms with Crippen molar-refractivity contribution in [3.05, 3.63) is 28.8 Å². The van der Waals surface area contributed by atoms with Crippen LogP contribution in [-0.2, 0) is 4.79 Å². The smallest absolute Gasteiger partial charge is 0.265 e. The van der Waals surface area contributed by atoms with Gasteiger partial charge in [-0.1, -0.05) is 24.6 Å². The van der Waals surface area contributed by atoms with Gasteiger partial charge in [-0.25, -0.2) is 0 Å². The molecule has 20 heavy (non-hydrogen) atoms. The summed E-state index contributed by atoms with van der Waals surface area (Å²) in [6.45, 7) is 15.1. The van der Waals surface area contributed by atoms with Crippen molar-refractivity contribution in [3.63, 3.8) is 0 Å². The Morgan fingerprint density at radius 3 is 2.05 bits per heavy atom. The van der Waals surface area contributed by atoms with E-state index in [1.165, 1.54) is 5.56 Å². The van der Waals surface area contributed by atoms with Crippen LogP contribution in [0.25, 0.3) is 0 Å². The Balaban J connectivity index is 3.01. The Morgan fingerprint density at radius 2 is 1.65 bits per heavy atom. The molecule has 0 fully saturated rings. The third-order valence-corrected chi connectivity index (χ3v) is 8.19. The topological polar surface area (TPSA) is 29.1 Å². The van der Waals surface area contributed by atoms with Crippen LogP contribution >= 0.6 is 7.26 Å². The second-order valence-corrected chi connectivity index (χ2v) is 11.1. The average Bonchev–Trinajstić information content (AvgIpc) is 2.34. The van der Waals surface area contributed by atoms with E-state index in [-0.39, 0.29) is 11.6 Å². The maximum atomic E-state index is 12.7. The molecule has 0 aliphatic carbocycles. The summed E-state index contributed by atoms with van der Waals surface area (Å²) in [6.07, 6.45) is 2.04. The lowest BCUT2D eigenvalue weighted by molar-refractivity contribution is -0.115. The Morgan fingerprint density at radius 1 is 1.15 bits per heavy atom. The van der Waals surface area contributed by atoms with Crippen molar-refractivity contribution in [2.24, 2.45) is 0 Å². The van der Waals surface area contributed by atoms with Crippen molar-refractivity contribution >= 4 is 18.9 Å². The monoisotopic (exact) mass is 294 g/mol. The number of carbonyl (C=O) groups excluding carboxylic acids is 1. The molecule has 112 valence electrons. The van der Waals surface area contributed by atoms with Gasteiger partial charge in [0.15, 0.2) is 0 Å². The molecule has 0 heterocycles. The molecule has 1 atom stereocenters. The van der Waals surface area contributed by atoms with E-state index in [1.807, 2.05) is 0 Å². The van der Waals surface area contributed by atoms with Gasteiger partial charge in [0, 0.05) is 26.3 Å². The number of anilines is 1. The Hall–Kier alpha value is -0.880. The third kappa shape index (κ3) is 3.82. The first-order valence-corrected chi connectivity index (χ1v) is 10.4. The molecule has 0 aromatic heterocycles. The van der Waals surface area contributed by atoms with E-state index in [2.05, 4.69) is 65.4 Å². The van der Waals surface area contributed by atoms with Gasteiger partial charge in [0.1, 0.15) is 5.66 Å². The first kappa shape index (κ1) is 17.2. The average molecular weight is 294 g/mol. The molecular weight excluding hydrogens is 265 g/mol. The summed E-state index contributed by atoms with van der Waals surface area (Å²) < 4.78 is 0. The molecule has 1 N–H and O–H groups in total. The number of nitrogens with one attached hydrogen (secondary N) is 1. The van der Waals surface area contributed by atoms with E-state index in [4.69, 9.17) is 0 Å². The highest BCUT2D eigenvalue weighted by Crippen LogP contribution is 2.57. The Bertz CT molecular complexity index is 471. The summed E-state index contributed by atoms with van der Waals surface area (Å²) in [7, 11) is -1.18. The van der Waals surface area contributed by atoms with Gasteiger partial charge in [0.2, 0.25) is 0 Å². The number of hydrogen-bond donors (Lipinski definition) is 1. The van der Waals surface area contributed by atoms with Crippen molar-refractivity contribution in [1.29, 1.82) is 0 Å². The van der Waals surface area contributed by atoms with Crippen molar-refractivity contribution in [2.75, 3.05) is 24.8 Å². The highest BCUT2D eigenvalue weighted by molar-refractivity contribution is 7.76. The van der Waals surface area contributed by atoms with Gasteiger partial charge in [-0.3, -0.25) is 4.79 Å². The van der Waals surface area contributed by atoms with Gasteiger partial charge in [-0.05, 0) is 45.2 Å². The minimum absolute atomic E-state index is 0.160. The SMILES string of the molecule is CCC(C(=O)Nc1c(C)cc(C)cc1C)[P+](C)(C)CC. The van der Waals surface area contributed by atoms with Crippen molar-refractivity contribution in [3.8, 4) is 0 Å². The van der Waals surface area contributed by atoms with E-state index in [0.717, 1.165) is 29.4 Å². The van der Waals surface area contributed by atoms with Crippen LogP contribution in [0.4, 0.5) is 5.69 Å². The minimum Gasteiger partial charge on any atom is -0.322 e. The molecule has 1 amide bonds. The first-order valence-electron chi connectivity index (χ1n) is 7.44. The summed E-state index contributed by atoms with van der Waals surface area (Å²) in [5.41, 5.74) is 4.70. The number of hydrogen-bond acceptors (Lipinski definition) is 1. The van der Waals surface area contributed by atoms with Crippen LogP contribution in [0.1, 0.15) is 37.0 Å². The second kappa shape index (κ2) is 6.72. The van der Waals surface area contributed by atoms with Crippen molar-refractivity contribution < 1.29 is 4.79 Å². The molecule has 0 spiro atoms. The van der Waals surface area contributed by atoms with Crippen LogP contribution in [0.5, 0.6) is 0 Å². The van der Waals surface area contributed by atoms with Crippen LogP contribution in [0, 0.1) is 20.8 Å². The molecule has 1 aromatic rings. The van der Waals surface area contributed by atoms with Crippen LogP contribution in [0.3, 0.4) is 0 Å². The molecule has 0 aliphatic rings. The Labute approximate surface area is 124 Å². The zero-order chi connectivity index (χ0) is 15.5. The van der Waals surface area contributed by atoms with Gasteiger partial charge in [-0.15, -0.1) is 0 Å². The molecule has 1 aromatic carbocycles. The molecule has 1 rings (SSSR count). The molecule has 0 radical (unpaired) electrons. The fraction of sp³-hybridized carbons (Fsp3) is 0.588. The Kier molecular flexibility index (Phi) is 5.77. The molecule has 0 aliphatic heterocycles. The van der Waals surface area contributed by atoms with E-state index in [1.54, 1.807) is 0 Å². The maximum absolute atomic E-state index is 12.7. The summed E-state index contributed by atoms with van der Waals surface area (Å²) >= 11 is 0. The number of amides is 1. The van der Waals surface area contributed by atoms with E-state index < -0.39 is 7.26 Å². The van der Waals surface area contributed by atoms with Gasteiger partial charge >= 0.3 is 0 Å². The van der Waals surface area contributed by atoms with Gasteiger partial charge in [0.05, 0.1) is 6.16 Å². The molecule has 0 bridgehead atoms. The normalized spacial score (nSPS) is 13.2. The van der Waals surface area contributed by atoms with Crippen LogP contribution in [0.15, 0.2) is 12.1 Å². The molecule has 0 saturated carbocycles. The first-order chi connectivity index (χ1) is 9.22. The number of benzene rings is 1. The highest BCUT2D eigenvalue weighted by atomic mass is 31.2. The summed E-state index contributed by atoms with van der Waals surface area (Å²) in [5.74, 6) is 0.197. The minimum atomic E-state index is -1.18. The second-order valence-electron chi connectivity index (χ2n) is 6.28. The van der Waals surface area contributed by atoms with Crippen LogP contribution in [0.2, 0.25) is 0 Å². The lowest BCUT2D eigenvalue weighted by Crippen LogP contribution is -2.30. The maximum Gasteiger partial charge on any atom is 0.265 e. The standard InChI is InChI=1S/C17H28NOP/c1-8-15(20(6,7)9-2)17(19)18-16-13(4)10-12(3)11-14(16)5/h10-11,15H,8-9H2,1-7H3/p+1. The van der Waals surface area contributed by atoms with Crippen LogP contribution < -0.4 is 5.32 Å². The largest absolute Gasteiger partial charge is 0.322 e. The molecule has 0 saturated heterocycles. The van der Waals surface area contributed by atoms with Gasteiger partial charge < -0.3 is 5.32 Å². The summed E-state index contributed by atoms with van der Waals surface area (Å²) in [6, 6.07) is 4.26. The van der Waals surface area contributed by atoms with E-state index >= 15 is 0 Å². The third-order valence-electron chi connectivity index (χ3n) is 4.27. The number of rotatable bonds is 5. The predicted octanol–water partition coefficient (Wildman–Crippen LogP) is 4.63. The van der Waals surface area contributed by atoms with E-state index in [0.29, 0.717) is 0 Å². The molecule has 1 unspecified atom stereocenters. The molecule has 2 nitrogen and oxygen atoms in total. The number of carbonyl (C=O) groups is 1. The zero-order valence-corrected chi connectivity index (χ0v) is 14.9. The fourth-order valence-electron chi connectivity index (χ4n) is 2.80. The zero-order valence-electron chi connectivity index (χ0n) is 14.0. The van der Waals surface area contributed by atoms with Gasteiger partial charge in [-0.2, -0.15) is 0 Å². The molecule has 3 heteroatoms. The summed E-state index contributed by atoms with van der Waals surface area (Å²) in [5, 5.41) is 3.19. The fourth-order valence-corrected chi connectivity index (χ4v) is 4.93. The quantitative estimate of drug-likeness (QED) is 0.788.